The van der Waals surface area contributed by atoms with Crippen LogP contribution in [0.1, 0.15) is 51.6 Å². The number of hydrogen-bond donors (Lipinski definition) is 1. The van der Waals surface area contributed by atoms with E-state index in [0.29, 0.717) is 29.2 Å². The first-order valence-electron chi connectivity index (χ1n) is 13.3. The molecule has 0 unspecified atom stereocenters. The average Bonchev–Trinajstić information content (AvgIpc) is 2.87. The molecular weight excluding hydrogens is 517 g/mol. The van der Waals surface area contributed by atoms with E-state index in [2.05, 4.69) is 53.1 Å². The monoisotopic (exact) mass is 550 g/mol. The molecule has 0 saturated carbocycles. The van der Waals surface area contributed by atoms with Crippen molar-refractivity contribution in [2.75, 3.05) is 18.4 Å². The number of aromatic nitrogens is 4. The van der Waals surface area contributed by atoms with Gasteiger partial charge in [0, 0.05) is 36.7 Å². The molecule has 10 heteroatoms. The summed E-state index contributed by atoms with van der Waals surface area (Å²) < 4.78 is 47.1. The van der Waals surface area contributed by atoms with E-state index in [1.165, 1.54) is 24.0 Å². The number of ether oxygens (including phenoxy) is 1. The Morgan fingerprint density at radius 1 is 0.975 bits per heavy atom. The topological polar surface area (TPSA) is 76.1 Å². The summed E-state index contributed by atoms with van der Waals surface area (Å²) in [6.07, 6.45) is -1.68. The highest BCUT2D eigenvalue weighted by Gasteiger charge is 2.34. The fraction of sp³-hybridized carbons (Fsp3) is 0.400. The van der Waals surface area contributed by atoms with Crippen LogP contribution < -0.4 is 5.32 Å². The summed E-state index contributed by atoms with van der Waals surface area (Å²) in [5.41, 5.74) is 2.15. The number of rotatable bonds is 5. The second kappa shape index (κ2) is 10.7. The van der Waals surface area contributed by atoms with E-state index >= 15 is 0 Å². The third-order valence-corrected chi connectivity index (χ3v) is 6.84. The zero-order chi connectivity index (χ0) is 28.7. The van der Waals surface area contributed by atoms with E-state index in [1.807, 2.05) is 26.0 Å². The number of halogens is 3. The van der Waals surface area contributed by atoms with Crippen LogP contribution in [0.15, 0.2) is 54.9 Å². The molecule has 5 rings (SSSR count). The van der Waals surface area contributed by atoms with Crippen LogP contribution in [0.4, 0.5) is 24.7 Å². The second-order valence-corrected chi connectivity index (χ2v) is 11.4. The zero-order valence-electron chi connectivity index (χ0n) is 23.3. The summed E-state index contributed by atoms with van der Waals surface area (Å²) in [6.45, 7) is 12.4. The van der Waals surface area contributed by atoms with Crippen molar-refractivity contribution in [3.05, 3.63) is 71.8 Å². The van der Waals surface area contributed by atoms with Gasteiger partial charge in [-0.15, -0.1) is 0 Å². The Labute approximate surface area is 231 Å². The standard InChI is InChI=1S/C30H33F3N6O/c1-18-15-39(16-19(2)40-18)17-25-37-24-13-20(26-23(30(31,32)33)7-6-12-34-26)14-35-27(24)28(38-25)36-22-10-8-21(9-11-22)29(3,4)5/h6-14,18-19H,15-17H2,1-5H3,(H,36,37,38)/t18-,19+. The van der Waals surface area contributed by atoms with E-state index in [-0.39, 0.29) is 28.9 Å². The molecule has 2 atom stereocenters. The summed E-state index contributed by atoms with van der Waals surface area (Å²) in [5.74, 6) is 1.03. The second-order valence-electron chi connectivity index (χ2n) is 11.4. The number of morpholine rings is 1. The van der Waals surface area contributed by atoms with Crippen LogP contribution in [0.3, 0.4) is 0 Å². The van der Waals surface area contributed by atoms with Crippen LogP contribution in [0.2, 0.25) is 0 Å². The maximum atomic E-state index is 13.7. The van der Waals surface area contributed by atoms with Gasteiger partial charge >= 0.3 is 6.18 Å². The average molecular weight is 551 g/mol. The highest BCUT2D eigenvalue weighted by atomic mass is 19.4. The summed E-state index contributed by atoms with van der Waals surface area (Å²) >= 11 is 0. The van der Waals surface area contributed by atoms with E-state index in [4.69, 9.17) is 14.7 Å². The first-order valence-corrected chi connectivity index (χ1v) is 13.3. The molecule has 40 heavy (non-hydrogen) atoms. The van der Waals surface area contributed by atoms with Crippen LogP contribution in [-0.4, -0.2) is 50.1 Å². The molecule has 4 heterocycles. The van der Waals surface area contributed by atoms with Crippen LogP contribution >= 0.6 is 0 Å². The minimum absolute atomic E-state index is 0.0123. The van der Waals surface area contributed by atoms with Crippen molar-refractivity contribution < 1.29 is 17.9 Å². The van der Waals surface area contributed by atoms with Gasteiger partial charge in [-0.2, -0.15) is 13.2 Å². The Morgan fingerprint density at radius 2 is 1.68 bits per heavy atom. The lowest BCUT2D eigenvalue weighted by Crippen LogP contribution is -2.45. The molecule has 0 aliphatic carbocycles. The van der Waals surface area contributed by atoms with Gasteiger partial charge in [0.2, 0.25) is 0 Å². The van der Waals surface area contributed by atoms with Crippen molar-refractivity contribution in [3.63, 3.8) is 0 Å². The Balaban J connectivity index is 1.57. The van der Waals surface area contributed by atoms with Crippen LogP contribution in [0, 0.1) is 0 Å². The zero-order valence-corrected chi connectivity index (χ0v) is 23.3. The van der Waals surface area contributed by atoms with Gasteiger partial charge in [-0.3, -0.25) is 9.88 Å². The molecule has 1 aliphatic heterocycles. The number of benzene rings is 1. The van der Waals surface area contributed by atoms with Crippen LogP contribution in [0.25, 0.3) is 22.3 Å². The molecular formula is C30H33F3N6O. The molecule has 4 aromatic rings. The van der Waals surface area contributed by atoms with Gasteiger partial charge in [-0.25, -0.2) is 15.0 Å². The van der Waals surface area contributed by atoms with Gasteiger partial charge in [-0.05, 0) is 55.2 Å². The first-order chi connectivity index (χ1) is 18.9. The lowest BCUT2D eigenvalue weighted by atomic mass is 9.87. The van der Waals surface area contributed by atoms with Crippen molar-refractivity contribution >= 4 is 22.5 Å². The van der Waals surface area contributed by atoms with Gasteiger partial charge in [0.05, 0.1) is 35.5 Å². The Morgan fingerprint density at radius 3 is 2.33 bits per heavy atom. The van der Waals surface area contributed by atoms with E-state index in [1.54, 1.807) is 6.07 Å². The van der Waals surface area contributed by atoms with E-state index in [9.17, 15) is 13.2 Å². The predicted molar refractivity (Wildman–Crippen MR) is 149 cm³/mol. The fourth-order valence-corrected chi connectivity index (χ4v) is 5.02. The summed E-state index contributed by atoms with van der Waals surface area (Å²) in [5, 5.41) is 3.36. The molecule has 0 bridgehead atoms. The largest absolute Gasteiger partial charge is 0.418 e. The summed E-state index contributed by atoms with van der Waals surface area (Å²) in [6, 6.07) is 12.0. The smallest absolute Gasteiger partial charge is 0.373 e. The third kappa shape index (κ3) is 6.23. The molecule has 0 spiro atoms. The maximum absolute atomic E-state index is 13.7. The van der Waals surface area contributed by atoms with Gasteiger partial charge < -0.3 is 10.1 Å². The normalized spacial score (nSPS) is 18.7. The lowest BCUT2D eigenvalue weighted by molar-refractivity contribution is -0.137. The fourth-order valence-electron chi connectivity index (χ4n) is 5.02. The van der Waals surface area contributed by atoms with Crippen molar-refractivity contribution in [2.24, 2.45) is 0 Å². The number of anilines is 2. The predicted octanol–water partition coefficient (Wildman–Crippen LogP) is 6.76. The van der Waals surface area contributed by atoms with Gasteiger partial charge in [0.15, 0.2) is 5.82 Å². The minimum atomic E-state index is -4.55. The van der Waals surface area contributed by atoms with Gasteiger partial charge in [0.1, 0.15) is 11.3 Å². The number of nitrogens with zero attached hydrogens (tertiary/aromatic N) is 5. The first kappa shape index (κ1) is 27.9. The van der Waals surface area contributed by atoms with Crippen LogP contribution in [0.5, 0.6) is 0 Å². The minimum Gasteiger partial charge on any atom is -0.373 e. The number of alkyl halides is 3. The SMILES string of the molecule is C[C@@H]1CN(Cc2nc(Nc3ccc(C(C)(C)C)cc3)c3ncc(-c4ncccc4C(F)(F)F)cc3n2)C[C@H](C)O1. The van der Waals surface area contributed by atoms with Crippen molar-refractivity contribution in [3.8, 4) is 11.3 Å². The molecule has 1 saturated heterocycles. The van der Waals surface area contributed by atoms with Crippen molar-refractivity contribution in [1.29, 1.82) is 0 Å². The lowest BCUT2D eigenvalue weighted by Gasteiger charge is -2.34. The number of nitrogens with one attached hydrogen (secondary N) is 1. The highest BCUT2D eigenvalue weighted by molar-refractivity contribution is 5.89. The molecule has 1 aliphatic rings. The molecule has 210 valence electrons. The number of hydrogen-bond acceptors (Lipinski definition) is 7. The molecule has 0 amide bonds. The third-order valence-electron chi connectivity index (χ3n) is 6.84. The molecule has 1 fully saturated rings. The Kier molecular flexibility index (Phi) is 7.50. The van der Waals surface area contributed by atoms with E-state index < -0.39 is 11.7 Å². The number of fused-ring (bicyclic) bond motifs is 1. The quantitative estimate of drug-likeness (QED) is 0.294. The maximum Gasteiger partial charge on any atom is 0.418 e. The molecule has 1 aromatic carbocycles. The summed E-state index contributed by atoms with van der Waals surface area (Å²) in [4.78, 5) is 20.3. The van der Waals surface area contributed by atoms with Crippen molar-refractivity contribution in [1.82, 2.24) is 24.8 Å². The van der Waals surface area contributed by atoms with Gasteiger partial charge in [-0.1, -0.05) is 32.9 Å². The Bertz CT molecular complexity index is 1490. The molecule has 3 aromatic heterocycles. The summed E-state index contributed by atoms with van der Waals surface area (Å²) in [7, 11) is 0. The molecule has 7 nitrogen and oxygen atoms in total. The van der Waals surface area contributed by atoms with Gasteiger partial charge in [0.25, 0.3) is 0 Å². The van der Waals surface area contributed by atoms with E-state index in [0.717, 1.165) is 24.8 Å². The number of pyridine rings is 2. The molecule has 1 N–H and O–H groups in total. The molecule has 0 radical (unpaired) electrons. The van der Waals surface area contributed by atoms with Crippen LogP contribution in [-0.2, 0) is 22.9 Å². The Hall–Kier alpha value is -3.63. The van der Waals surface area contributed by atoms with Crippen molar-refractivity contribution in [2.45, 2.75) is 65.0 Å². The highest BCUT2D eigenvalue weighted by Crippen LogP contribution is 2.36.